The van der Waals surface area contributed by atoms with Crippen molar-refractivity contribution in [3.05, 3.63) is 11.8 Å². The topological polar surface area (TPSA) is 117 Å². The molecular formula is C15H26N6O4S. The normalized spacial score (nSPS) is 15.2. The molecule has 1 aromatic rings. The summed E-state index contributed by atoms with van der Waals surface area (Å²) in [5.74, 6) is 0.981. The van der Waals surface area contributed by atoms with Crippen LogP contribution < -0.4 is 15.5 Å². The molecule has 0 saturated carbocycles. The van der Waals surface area contributed by atoms with Crippen LogP contribution in [0, 0.1) is 6.92 Å². The highest BCUT2D eigenvalue weighted by atomic mass is 32.2. The van der Waals surface area contributed by atoms with E-state index in [-0.39, 0.29) is 12.5 Å². The number of anilines is 2. The van der Waals surface area contributed by atoms with E-state index in [2.05, 4.69) is 25.5 Å². The summed E-state index contributed by atoms with van der Waals surface area (Å²) in [6.07, 6.45) is 1.06. The summed E-state index contributed by atoms with van der Waals surface area (Å²) in [4.78, 5) is 22.7. The summed E-state index contributed by atoms with van der Waals surface area (Å²) in [7, 11) is -2.01. The van der Waals surface area contributed by atoms with E-state index in [1.54, 1.807) is 0 Å². The standard InChI is InChI=1S/C15H26N6O4S/c1-12-10-13(21-6-8-25-9-7-21)19-15(18-12)17-5-4-16-14(22)11-20(2)26(3,23)24/h10H,4-9,11H2,1-3H3,(H,16,22)(H,17,18,19). The molecule has 26 heavy (non-hydrogen) atoms. The number of hydrogen-bond acceptors (Lipinski definition) is 8. The van der Waals surface area contributed by atoms with Gasteiger partial charge in [-0.2, -0.15) is 9.29 Å². The molecule has 0 atom stereocenters. The molecule has 0 radical (unpaired) electrons. The number of hydrogen-bond donors (Lipinski definition) is 2. The maximum absolute atomic E-state index is 11.7. The summed E-state index contributed by atoms with van der Waals surface area (Å²) < 4.78 is 28.9. The summed E-state index contributed by atoms with van der Waals surface area (Å²) in [5.41, 5.74) is 0.850. The SMILES string of the molecule is Cc1cc(N2CCOCC2)nc(NCCNC(=O)CN(C)S(C)(=O)=O)n1. The van der Waals surface area contributed by atoms with Gasteiger partial charge in [0.1, 0.15) is 5.82 Å². The van der Waals surface area contributed by atoms with E-state index in [0.717, 1.165) is 35.2 Å². The first-order chi connectivity index (χ1) is 12.3. The lowest BCUT2D eigenvalue weighted by Gasteiger charge is -2.28. The van der Waals surface area contributed by atoms with Crippen molar-refractivity contribution in [2.45, 2.75) is 6.92 Å². The molecule has 1 fully saturated rings. The first-order valence-corrected chi connectivity index (χ1v) is 10.2. The maximum atomic E-state index is 11.7. The first-order valence-electron chi connectivity index (χ1n) is 8.36. The van der Waals surface area contributed by atoms with Gasteiger partial charge in [-0.3, -0.25) is 4.79 Å². The van der Waals surface area contributed by atoms with Gasteiger partial charge in [-0.25, -0.2) is 13.4 Å². The number of aryl methyl sites for hydroxylation is 1. The van der Waals surface area contributed by atoms with Crippen LogP contribution >= 0.6 is 0 Å². The summed E-state index contributed by atoms with van der Waals surface area (Å²) >= 11 is 0. The van der Waals surface area contributed by atoms with Gasteiger partial charge in [0.25, 0.3) is 0 Å². The van der Waals surface area contributed by atoms with E-state index in [0.29, 0.717) is 32.3 Å². The van der Waals surface area contributed by atoms with Gasteiger partial charge < -0.3 is 20.3 Å². The van der Waals surface area contributed by atoms with Crippen molar-refractivity contribution in [3.8, 4) is 0 Å². The number of ether oxygens (including phenoxy) is 1. The molecule has 0 aromatic carbocycles. The minimum atomic E-state index is -3.37. The van der Waals surface area contributed by atoms with Crippen LogP contribution in [-0.2, 0) is 19.6 Å². The summed E-state index contributed by atoms with van der Waals surface area (Å²) in [6, 6.07) is 1.93. The minimum Gasteiger partial charge on any atom is -0.378 e. The average molecular weight is 386 g/mol. The zero-order valence-corrected chi connectivity index (χ0v) is 16.2. The zero-order chi connectivity index (χ0) is 19.2. The fraction of sp³-hybridized carbons (Fsp3) is 0.667. The molecule has 1 amide bonds. The Labute approximate surface area is 154 Å². The van der Waals surface area contributed by atoms with Crippen molar-refractivity contribution in [2.24, 2.45) is 0 Å². The van der Waals surface area contributed by atoms with Gasteiger partial charge in [-0.15, -0.1) is 0 Å². The van der Waals surface area contributed by atoms with E-state index in [9.17, 15) is 13.2 Å². The Morgan fingerprint density at radius 3 is 2.65 bits per heavy atom. The molecule has 2 heterocycles. The van der Waals surface area contributed by atoms with Crippen LogP contribution in [0.15, 0.2) is 6.07 Å². The van der Waals surface area contributed by atoms with E-state index in [1.807, 2.05) is 13.0 Å². The summed E-state index contributed by atoms with van der Waals surface area (Å²) in [6.45, 7) is 5.40. The molecule has 0 bridgehead atoms. The highest BCUT2D eigenvalue weighted by Gasteiger charge is 2.15. The van der Waals surface area contributed by atoms with Crippen LogP contribution in [0.25, 0.3) is 0 Å². The first kappa shape index (κ1) is 20.3. The molecule has 146 valence electrons. The maximum Gasteiger partial charge on any atom is 0.235 e. The Bertz CT molecular complexity index is 721. The molecule has 1 saturated heterocycles. The third-order valence-electron chi connectivity index (χ3n) is 3.84. The number of aromatic nitrogens is 2. The lowest BCUT2D eigenvalue weighted by atomic mass is 10.3. The Balaban J connectivity index is 1.80. The van der Waals surface area contributed by atoms with E-state index in [4.69, 9.17) is 4.74 Å². The van der Waals surface area contributed by atoms with Gasteiger partial charge in [0.15, 0.2) is 0 Å². The van der Waals surface area contributed by atoms with Gasteiger partial charge in [0.05, 0.1) is 26.0 Å². The number of likely N-dealkylation sites (N-methyl/N-ethyl adjacent to an activating group) is 1. The predicted octanol–water partition coefficient (Wildman–Crippen LogP) is -0.959. The molecule has 0 spiro atoms. The quantitative estimate of drug-likeness (QED) is 0.549. The second kappa shape index (κ2) is 9.10. The fourth-order valence-electron chi connectivity index (χ4n) is 2.34. The van der Waals surface area contributed by atoms with Crippen molar-refractivity contribution in [1.82, 2.24) is 19.6 Å². The Morgan fingerprint density at radius 1 is 1.31 bits per heavy atom. The number of sulfonamides is 1. The van der Waals surface area contributed by atoms with Crippen molar-refractivity contribution >= 4 is 27.7 Å². The molecular weight excluding hydrogens is 360 g/mol. The lowest BCUT2D eigenvalue weighted by molar-refractivity contribution is -0.121. The number of amides is 1. The molecule has 0 aliphatic carbocycles. The molecule has 2 N–H and O–H groups in total. The van der Waals surface area contributed by atoms with Gasteiger partial charge in [-0.05, 0) is 6.92 Å². The summed E-state index contributed by atoms with van der Waals surface area (Å²) in [5, 5.41) is 5.74. The van der Waals surface area contributed by atoms with Gasteiger partial charge in [0, 0.05) is 45.0 Å². The number of carbonyl (C=O) groups is 1. The van der Waals surface area contributed by atoms with Crippen LogP contribution in [0.3, 0.4) is 0 Å². The molecule has 1 aliphatic rings. The minimum absolute atomic E-state index is 0.207. The number of nitrogens with zero attached hydrogens (tertiary/aromatic N) is 4. The number of rotatable bonds is 8. The zero-order valence-electron chi connectivity index (χ0n) is 15.4. The van der Waals surface area contributed by atoms with Crippen molar-refractivity contribution in [1.29, 1.82) is 0 Å². The molecule has 2 rings (SSSR count). The fourth-order valence-corrected chi connectivity index (χ4v) is 2.69. The van der Waals surface area contributed by atoms with Crippen LogP contribution in [-0.4, -0.2) is 87.8 Å². The van der Waals surface area contributed by atoms with Crippen molar-refractivity contribution in [3.63, 3.8) is 0 Å². The average Bonchev–Trinajstić information content (AvgIpc) is 2.58. The second-order valence-corrected chi connectivity index (χ2v) is 8.18. The third-order valence-corrected chi connectivity index (χ3v) is 5.10. The predicted molar refractivity (Wildman–Crippen MR) is 98.8 cm³/mol. The van der Waals surface area contributed by atoms with Crippen LogP contribution in [0.2, 0.25) is 0 Å². The molecule has 1 aliphatic heterocycles. The van der Waals surface area contributed by atoms with Gasteiger partial charge in [-0.1, -0.05) is 0 Å². The van der Waals surface area contributed by atoms with Crippen LogP contribution in [0.1, 0.15) is 5.69 Å². The lowest BCUT2D eigenvalue weighted by Crippen LogP contribution is -2.39. The van der Waals surface area contributed by atoms with Crippen molar-refractivity contribution in [2.75, 3.05) is 69.5 Å². The monoisotopic (exact) mass is 386 g/mol. The van der Waals surface area contributed by atoms with Crippen LogP contribution in [0.4, 0.5) is 11.8 Å². The number of morpholine rings is 1. The van der Waals surface area contributed by atoms with E-state index < -0.39 is 10.0 Å². The molecule has 11 heteroatoms. The molecule has 0 unspecified atom stereocenters. The number of carbonyl (C=O) groups excluding carboxylic acids is 1. The second-order valence-electron chi connectivity index (χ2n) is 6.09. The van der Waals surface area contributed by atoms with Gasteiger partial charge >= 0.3 is 0 Å². The Hall–Kier alpha value is -1.98. The Morgan fingerprint density at radius 2 is 2.00 bits per heavy atom. The van der Waals surface area contributed by atoms with Gasteiger partial charge in [0.2, 0.25) is 21.9 Å². The highest BCUT2D eigenvalue weighted by molar-refractivity contribution is 7.88. The third kappa shape index (κ3) is 6.39. The Kier molecular flexibility index (Phi) is 7.12. The smallest absolute Gasteiger partial charge is 0.235 e. The van der Waals surface area contributed by atoms with E-state index >= 15 is 0 Å². The molecule has 10 nitrogen and oxygen atoms in total. The van der Waals surface area contributed by atoms with E-state index in [1.165, 1.54) is 7.05 Å². The van der Waals surface area contributed by atoms with Crippen LogP contribution in [0.5, 0.6) is 0 Å². The van der Waals surface area contributed by atoms with Crippen molar-refractivity contribution < 1.29 is 17.9 Å². The largest absolute Gasteiger partial charge is 0.378 e. The highest BCUT2D eigenvalue weighted by Crippen LogP contribution is 2.15. The number of nitrogens with one attached hydrogen (secondary N) is 2. The molecule has 1 aromatic heterocycles.